The third-order valence-corrected chi connectivity index (χ3v) is 11.4. The quantitative estimate of drug-likeness (QED) is 0.0557. The number of ether oxygens (including phenoxy) is 3. The number of hydrogen-bond donors (Lipinski definition) is 0. The molecule has 6 rings (SSSR count). The molecule has 0 aromatic heterocycles. The summed E-state index contributed by atoms with van der Waals surface area (Å²) < 4.78 is 52.0. The molecule has 0 bridgehead atoms. The first kappa shape index (κ1) is 56.7. The van der Waals surface area contributed by atoms with E-state index in [1.807, 2.05) is 6.92 Å². The Morgan fingerprint density at radius 1 is 0.508 bits per heavy atom. The molecular weight excluding hydrogens is 1010 g/mol. The number of rotatable bonds is 11. The molecule has 15 heteroatoms. The van der Waals surface area contributed by atoms with Crippen molar-refractivity contribution in [3.63, 3.8) is 0 Å². The maximum Gasteiger partial charge on any atom is 0.338 e. The van der Waals surface area contributed by atoms with Crippen molar-refractivity contribution in [1.29, 1.82) is 0 Å². The van der Waals surface area contributed by atoms with Crippen molar-refractivity contribution in [3.05, 3.63) is 196 Å². The maximum absolute atomic E-state index is 13.2. The highest BCUT2D eigenvalue weighted by Gasteiger charge is 2.16. The number of esters is 3. The Hall–Kier alpha value is -4.41. The van der Waals surface area contributed by atoms with Crippen LogP contribution in [0.15, 0.2) is 146 Å². The van der Waals surface area contributed by atoms with Crippen molar-refractivity contribution < 1.29 is 41.8 Å². The largest absolute Gasteiger partial charge is 0.462 e. The molecule has 6 nitrogen and oxygen atoms in total. The zero-order valence-electron chi connectivity index (χ0n) is 36.3. The highest BCUT2D eigenvalue weighted by atomic mass is 79.9. The number of aryl methyl sites for hydroxylation is 2. The van der Waals surface area contributed by atoms with Crippen molar-refractivity contribution >= 4 is 104 Å². The van der Waals surface area contributed by atoms with Crippen molar-refractivity contribution in [3.8, 4) is 0 Å². The van der Waals surface area contributed by atoms with E-state index in [0.717, 1.165) is 0 Å². The van der Waals surface area contributed by atoms with E-state index in [4.69, 9.17) is 60.6 Å². The van der Waals surface area contributed by atoms with Crippen LogP contribution in [0.4, 0.5) is 13.2 Å². The summed E-state index contributed by atoms with van der Waals surface area (Å²) in [5.74, 6) is -2.58. The summed E-state index contributed by atoms with van der Waals surface area (Å²) in [6.07, 6.45) is 0.620. The first-order valence-electron chi connectivity index (χ1n) is 20.1. The molecule has 0 heterocycles. The summed E-state index contributed by atoms with van der Waals surface area (Å²) >= 11 is 22.5. The lowest BCUT2D eigenvalue weighted by Gasteiger charge is -2.18. The van der Waals surface area contributed by atoms with E-state index < -0.39 is 34.9 Å². The van der Waals surface area contributed by atoms with Gasteiger partial charge in [-0.2, -0.15) is 0 Å². The van der Waals surface area contributed by atoms with E-state index in [2.05, 4.69) is 107 Å². The van der Waals surface area contributed by atoms with Gasteiger partial charge in [-0.3, -0.25) is 0 Å². The van der Waals surface area contributed by atoms with Gasteiger partial charge >= 0.3 is 17.9 Å². The molecule has 0 aliphatic rings. The van der Waals surface area contributed by atoms with Crippen LogP contribution in [0.25, 0.3) is 0 Å². The Labute approximate surface area is 409 Å². The summed E-state index contributed by atoms with van der Waals surface area (Å²) in [6.45, 7) is 9.54. The molecule has 0 unspecified atom stereocenters. The normalized spacial score (nSPS) is 10.2. The van der Waals surface area contributed by atoms with Gasteiger partial charge in [-0.1, -0.05) is 178 Å². The van der Waals surface area contributed by atoms with Gasteiger partial charge in [0.1, 0.15) is 17.5 Å². The Balaban J connectivity index is 0.000000291. The number of benzene rings is 6. The highest BCUT2D eigenvalue weighted by molar-refractivity contribution is 9.08. The lowest BCUT2D eigenvalue weighted by molar-refractivity contribution is 0.0516. The minimum absolute atomic E-state index is 0.244. The molecule has 346 valence electrons. The zero-order chi connectivity index (χ0) is 48.4. The summed E-state index contributed by atoms with van der Waals surface area (Å²) in [5, 5.41) is 4.63. The summed E-state index contributed by atoms with van der Waals surface area (Å²) in [7, 11) is -0.446. The molecule has 0 radical (unpaired) electrons. The third kappa shape index (κ3) is 21.6. The van der Waals surface area contributed by atoms with Gasteiger partial charge in [0.25, 0.3) is 3.25 Å². The first-order valence-corrected chi connectivity index (χ1v) is 24.1. The monoisotopic (exact) mass is 1050 g/mol. The van der Waals surface area contributed by atoms with Crippen LogP contribution in [0.2, 0.25) is 0 Å². The van der Waals surface area contributed by atoms with Gasteiger partial charge in [0.15, 0.2) is 0 Å². The molecule has 0 amide bonds. The van der Waals surface area contributed by atoms with Crippen LogP contribution in [0.5, 0.6) is 0 Å². The van der Waals surface area contributed by atoms with Gasteiger partial charge in [-0.05, 0) is 111 Å². The van der Waals surface area contributed by atoms with Crippen LogP contribution in [0.1, 0.15) is 75.5 Å². The van der Waals surface area contributed by atoms with Crippen LogP contribution in [0.3, 0.4) is 0 Å². The second-order valence-electron chi connectivity index (χ2n) is 13.0. The number of halogens is 8. The summed E-state index contributed by atoms with van der Waals surface area (Å²) in [6, 6.07) is 45.3. The molecule has 6 aromatic rings. The molecule has 0 spiro atoms. The molecule has 0 N–H and O–H groups in total. The van der Waals surface area contributed by atoms with Crippen molar-refractivity contribution in [2.75, 3.05) is 19.8 Å². The van der Waals surface area contributed by atoms with Gasteiger partial charge < -0.3 is 14.2 Å². The molecule has 6 aromatic carbocycles. The Kier molecular flexibility index (Phi) is 26.8. The lowest BCUT2D eigenvalue weighted by atomic mass is 10.1. The van der Waals surface area contributed by atoms with E-state index >= 15 is 0 Å². The Morgan fingerprint density at radius 2 is 0.815 bits per heavy atom. The van der Waals surface area contributed by atoms with Crippen LogP contribution in [-0.4, -0.2) is 41.0 Å². The molecule has 0 saturated heterocycles. The predicted molar refractivity (Wildman–Crippen MR) is 265 cm³/mol. The molecule has 0 saturated carbocycles. The predicted octanol–water partition coefficient (Wildman–Crippen LogP) is 13.8. The summed E-state index contributed by atoms with van der Waals surface area (Å²) in [5.41, 5.74) is 2.42. The average molecular weight is 1060 g/mol. The SMILES string of the molecule is CCOC(=O)c1ccc(C)c(F)c1.CCOC(=O)c1ccc(CBr)c(F)c1.CCOC(=O)c1ccc(CC)c(F)c1.ClC(Cl)(Cl)Cl.c1ccc(P(c2ccccc2)c2ccccc2)cc1. The van der Waals surface area contributed by atoms with Crippen molar-refractivity contribution in [1.82, 2.24) is 0 Å². The zero-order valence-corrected chi connectivity index (χ0v) is 41.8. The van der Waals surface area contributed by atoms with Crippen LogP contribution >= 0.6 is 70.3 Å². The van der Waals surface area contributed by atoms with Crippen LogP contribution in [-0.2, 0) is 26.0 Å². The first-order chi connectivity index (χ1) is 31.0. The van der Waals surface area contributed by atoms with Crippen LogP contribution < -0.4 is 15.9 Å². The Bertz CT molecular complexity index is 2190. The van der Waals surface area contributed by atoms with Gasteiger partial charge in [0, 0.05) is 5.33 Å². The topological polar surface area (TPSA) is 78.9 Å². The highest BCUT2D eigenvalue weighted by Crippen LogP contribution is 2.32. The third-order valence-electron chi connectivity index (χ3n) is 8.38. The second kappa shape index (κ2) is 30.7. The molecule has 0 fully saturated rings. The van der Waals surface area contributed by atoms with E-state index in [1.165, 1.54) is 34.1 Å². The fourth-order valence-electron chi connectivity index (χ4n) is 5.29. The summed E-state index contributed by atoms with van der Waals surface area (Å²) in [4.78, 5) is 33.5. The molecule has 0 atom stereocenters. The van der Waals surface area contributed by atoms with Gasteiger partial charge in [0.2, 0.25) is 0 Å². The van der Waals surface area contributed by atoms with E-state index in [0.29, 0.717) is 48.3 Å². The van der Waals surface area contributed by atoms with Crippen molar-refractivity contribution in [2.24, 2.45) is 0 Å². The number of carbonyl (C=O) groups excluding carboxylic acids is 3. The van der Waals surface area contributed by atoms with E-state index in [1.54, 1.807) is 64.1 Å². The van der Waals surface area contributed by atoms with Gasteiger partial charge in [-0.15, -0.1) is 0 Å². The van der Waals surface area contributed by atoms with E-state index in [9.17, 15) is 27.6 Å². The number of carbonyl (C=O) groups is 3. The standard InChI is InChI=1S/C18H15P.C11H13FO2.C10H10BrFO2.C10H11FO2.CCl4/c1-4-10-16(11-5-1)19(17-12-6-2-7-13-17)18-14-8-3-9-15-18;1-3-8-5-6-9(7-10(8)12)11(13)14-4-2;1-2-14-10(13)7-3-4-8(6-11)9(12)5-7;1-3-13-10(12)8-5-4-7(2)9(11)6-8;2-1(3,4)5/h1-15H;5-7H,3-4H2,1-2H3;3-5H,2,6H2,1H3;4-6H,3H2,1-2H3;. The van der Waals surface area contributed by atoms with Crippen LogP contribution in [0, 0.1) is 24.4 Å². The average Bonchev–Trinajstić information content (AvgIpc) is 3.29. The second-order valence-corrected chi connectivity index (χ2v) is 19.2. The maximum atomic E-state index is 13.2. The Morgan fingerprint density at radius 3 is 1.09 bits per heavy atom. The number of hydrogen-bond acceptors (Lipinski definition) is 6. The minimum Gasteiger partial charge on any atom is -0.462 e. The minimum atomic E-state index is -1.61. The molecule has 65 heavy (non-hydrogen) atoms. The molecule has 0 aliphatic heterocycles. The van der Waals surface area contributed by atoms with Gasteiger partial charge in [0.05, 0.1) is 36.5 Å². The molecular formula is C50H49BrCl4F3O6P. The number of alkyl halides is 5. The van der Waals surface area contributed by atoms with Gasteiger partial charge in [-0.25, -0.2) is 27.6 Å². The van der Waals surface area contributed by atoms with E-state index in [-0.39, 0.29) is 28.3 Å². The fraction of sp³-hybridized carbons (Fsp3) is 0.220. The fourth-order valence-corrected chi connectivity index (χ4v) is 8.05. The smallest absolute Gasteiger partial charge is 0.338 e. The molecule has 0 aliphatic carbocycles. The lowest BCUT2D eigenvalue weighted by Crippen LogP contribution is -2.20. The van der Waals surface area contributed by atoms with Crippen molar-refractivity contribution in [2.45, 2.75) is 49.6 Å².